The fraction of sp³-hybridized carbons (Fsp3) is 0.917. The predicted molar refractivity (Wildman–Crippen MR) is 70.6 cm³/mol. The monoisotopic (exact) mass is 244 g/mol. The normalized spacial score (nSPS) is 25.2. The van der Waals surface area contributed by atoms with E-state index in [1.807, 2.05) is 23.6 Å². The molecule has 0 aliphatic carbocycles. The van der Waals surface area contributed by atoms with Gasteiger partial charge in [0.05, 0.1) is 5.54 Å². The smallest absolute Gasteiger partial charge is 0.242 e. The first-order valence-corrected chi connectivity index (χ1v) is 7.26. The minimum absolute atomic E-state index is 0.133. The van der Waals surface area contributed by atoms with Crippen LogP contribution < -0.4 is 5.73 Å². The van der Waals surface area contributed by atoms with Gasteiger partial charge in [-0.1, -0.05) is 20.3 Å². The molecule has 0 saturated carbocycles. The molecule has 4 heteroatoms. The van der Waals surface area contributed by atoms with Crippen molar-refractivity contribution in [2.45, 2.75) is 50.8 Å². The zero-order chi connectivity index (χ0) is 12.2. The van der Waals surface area contributed by atoms with Gasteiger partial charge in [0.2, 0.25) is 5.91 Å². The Bertz CT molecular complexity index is 243. The molecule has 1 rings (SSSR count). The molecule has 0 aromatic rings. The quantitative estimate of drug-likeness (QED) is 0.821. The van der Waals surface area contributed by atoms with E-state index in [1.165, 1.54) is 0 Å². The van der Waals surface area contributed by atoms with Crippen molar-refractivity contribution in [2.75, 3.05) is 18.8 Å². The second-order valence-electron chi connectivity index (χ2n) is 4.82. The number of nitrogens with zero attached hydrogens (tertiary/aromatic N) is 1. The van der Waals surface area contributed by atoms with Crippen LogP contribution in [0.4, 0.5) is 0 Å². The molecule has 1 heterocycles. The molecule has 1 fully saturated rings. The maximum Gasteiger partial charge on any atom is 0.242 e. The van der Waals surface area contributed by atoms with Crippen LogP contribution in [0.5, 0.6) is 0 Å². The van der Waals surface area contributed by atoms with Crippen molar-refractivity contribution >= 4 is 17.7 Å². The van der Waals surface area contributed by atoms with Gasteiger partial charge in [-0.3, -0.25) is 4.79 Å². The molecule has 1 aliphatic rings. The summed E-state index contributed by atoms with van der Waals surface area (Å²) >= 11 is 1.97. The first kappa shape index (κ1) is 13.8. The Labute approximate surface area is 103 Å². The lowest BCUT2D eigenvalue weighted by molar-refractivity contribution is -0.136. The van der Waals surface area contributed by atoms with Crippen LogP contribution in [0, 0.1) is 0 Å². The fourth-order valence-electron chi connectivity index (χ4n) is 2.14. The molecule has 1 saturated heterocycles. The van der Waals surface area contributed by atoms with Crippen molar-refractivity contribution in [3.05, 3.63) is 0 Å². The summed E-state index contributed by atoms with van der Waals surface area (Å²) in [7, 11) is 0. The fourth-order valence-corrected chi connectivity index (χ4v) is 3.32. The molecular weight excluding hydrogens is 220 g/mol. The lowest BCUT2D eigenvalue weighted by Gasteiger charge is -2.37. The molecule has 0 aromatic heterocycles. The van der Waals surface area contributed by atoms with Crippen LogP contribution in [0.1, 0.15) is 40.0 Å². The summed E-state index contributed by atoms with van der Waals surface area (Å²) < 4.78 is 0. The molecule has 1 aliphatic heterocycles. The summed E-state index contributed by atoms with van der Waals surface area (Å²) in [5, 5.41) is 0.593. The van der Waals surface area contributed by atoms with E-state index >= 15 is 0 Å². The molecule has 0 radical (unpaired) electrons. The first-order valence-electron chi connectivity index (χ1n) is 6.21. The van der Waals surface area contributed by atoms with Gasteiger partial charge in [-0.15, -0.1) is 0 Å². The summed E-state index contributed by atoms with van der Waals surface area (Å²) in [4.78, 5) is 14.2. The van der Waals surface area contributed by atoms with E-state index in [0.29, 0.717) is 5.25 Å². The van der Waals surface area contributed by atoms with Gasteiger partial charge < -0.3 is 10.6 Å². The Morgan fingerprint density at radius 3 is 2.81 bits per heavy atom. The van der Waals surface area contributed by atoms with Gasteiger partial charge in [0, 0.05) is 24.1 Å². The molecule has 2 N–H and O–H groups in total. The third-order valence-corrected chi connectivity index (χ3v) is 4.51. The lowest BCUT2D eigenvalue weighted by atomic mass is 9.95. The highest BCUT2D eigenvalue weighted by atomic mass is 32.2. The van der Waals surface area contributed by atoms with Gasteiger partial charge in [-0.25, -0.2) is 0 Å². The largest absolute Gasteiger partial charge is 0.339 e. The zero-order valence-electron chi connectivity index (χ0n) is 10.7. The number of hydrogen-bond acceptors (Lipinski definition) is 3. The number of nitrogens with two attached hydrogens (primary N) is 1. The summed E-state index contributed by atoms with van der Waals surface area (Å²) in [5.41, 5.74) is 5.42. The number of hydrogen-bond donors (Lipinski definition) is 1. The molecular formula is C12H24N2OS. The molecule has 2 unspecified atom stereocenters. The van der Waals surface area contributed by atoms with E-state index in [4.69, 9.17) is 5.73 Å². The van der Waals surface area contributed by atoms with Gasteiger partial charge in [-0.2, -0.15) is 11.8 Å². The van der Waals surface area contributed by atoms with E-state index in [0.717, 1.165) is 38.1 Å². The summed E-state index contributed by atoms with van der Waals surface area (Å²) in [6.45, 7) is 7.84. The molecule has 3 nitrogen and oxygen atoms in total. The second-order valence-corrected chi connectivity index (χ2v) is 6.23. The number of carbonyl (C=O) groups excluding carboxylic acids is 1. The summed E-state index contributed by atoms with van der Waals surface area (Å²) in [6, 6.07) is 0. The summed E-state index contributed by atoms with van der Waals surface area (Å²) in [5.74, 6) is 1.18. The second kappa shape index (κ2) is 5.92. The molecule has 0 bridgehead atoms. The number of amides is 1. The first-order chi connectivity index (χ1) is 7.51. The van der Waals surface area contributed by atoms with Crippen molar-refractivity contribution < 1.29 is 4.79 Å². The van der Waals surface area contributed by atoms with Crippen LogP contribution in [0.2, 0.25) is 0 Å². The van der Waals surface area contributed by atoms with Crippen LogP contribution in [-0.4, -0.2) is 40.4 Å². The van der Waals surface area contributed by atoms with E-state index in [1.54, 1.807) is 0 Å². The van der Waals surface area contributed by atoms with Gasteiger partial charge in [-0.05, 0) is 19.8 Å². The van der Waals surface area contributed by atoms with Gasteiger partial charge >= 0.3 is 0 Å². The summed E-state index contributed by atoms with van der Waals surface area (Å²) in [6.07, 6.45) is 2.86. The number of thioether (sulfide) groups is 1. The van der Waals surface area contributed by atoms with E-state index in [9.17, 15) is 4.79 Å². The highest BCUT2D eigenvalue weighted by Gasteiger charge is 2.34. The SMILES string of the molecule is CCCC(C)(N)C(=O)N1CCSC(CC)C1. The van der Waals surface area contributed by atoms with Gasteiger partial charge in [0.25, 0.3) is 0 Å². The standard InChI is InChI=1S/C12H24N2OS/c1-4-6-12(3,13)11(15)14-7-8-16-10(5-2)9-14/h10H,4-9,13H2,1-3H3. The van der Waals surface area contributed by atoms with Crippen LogP contribution in [0.3, 0.4) is 0 Å². The molecule has 2 atom stereocenters. The number of rotatable bonds is 4. The van der Waals surface area contributed by atoms with E-state index < -0.39 is 5.54 Å². The number of carbonyl (C=O) groups is 1. The van der Waals surface area contributed by atoms with Crippen LogP contribution in [0.25, 0.3) is 0 Å². The van der Waals surface area contributed by atoms with Crippen molar-refractivity contribution in [1.29, 1.82) is 0 Å². The highest BCUT2D eigenvalue weighted by Crippen LogP contribution is 2.23. The lowest BCUT2D eigenvalue weighted by Crippen LogP contribution is -2.56. The van der Waals surface area contributed by atoms with Gasteiger partial charge in [0.1, 0.15) is 0 Å². The average Bonchev–Trinajstić information content (AvgIpc) is 2.28. The van der Waals surface area contributed by atoms with E-state index in [2.05, 4.69) is 13.8 Å². The minimum atomic E-state index is -0.672. The minimum Gasteiger partial charge on any atom is -0.339 e. The Balaban J connectivity index is 2.59. The Morgan fingerprint density at radius 2 is 2.25 bits per heavy atom. The van der Waals surface area contributed by atoms with Crippen molar-refractivity contribution in [3.63, 3.8) is 0 Å². The maximum atomic E-state index is 12.3. The van der Waals surface area contributed by atoms with Crippen molar-refractivity contribution in [1.82, 2.24) is 4.90 Å². The molecule has 0 spiro atoms. The Hall–Kier alpha value is -0.220. The Morgan fingerprint density at radius 1 is 1.56 bits per heavy atom. The van der Waals surface area contributed by atoms with E-state index in [-0.39, 0.29) is 5.91 Å². The molecule has 1 amide bonds. The van der Waals surface area contributed by atoms with Crippen LogP contribution >= 0.6 is 11.8 Å². The molecule has 16 heavy (non-hydrogen) atoms. The average molecular weight is 244 g/mol. The highest BCUT2D eigenvalue weighted by molar-refractivity contribution is 8.00. The Kier molecular flexibility index (Phi) is 5.12. The van der Waals surface area contributed by atoms with Gasteiger partial charge in [0.15, 0.2) is 0 Å². The van der Waals surface area contributed by atoms with Crippen molar-refractivity contribution in [2.24, 2.45) is 5.73 Å². The van der Waals surface area contributed by atoms with Crippen molar-refractivity contribution in [3.8, 4) is 0 Å². The zero-order valence-corrected chi connectivity index (χ0v) is 11.5. The molecule has 94 valence electrons. The molecule has 0 aromatic carbocycles. The van der Waals surface area contributed by atoms with Crippen LogP contribution in [-0.2, 0) is 4.79 Å². The van der Waals surface area contributed by atoms with Crippen LogP contribution in [0.15, 0.2) is 0 Å². The third kappa shape index (κ3) is 3.39. The maximum absolute atomic E-state index is 12.3. The predicted octanol–water partition coefficient (Wildman–Crippen LogP) is 1.86. The third-order valence-electron chi connectivity index (χ3n) is 3.14. The topological polar surface area (TPSA) is 46.3 Å².